The van der Waals surface area contributed by atoms with Gasteiger partial charge < -0.3 is 5.32 Å². The molecule has 1 rings (SSSR count). The Labute approximate surface area is 99.6 Å². The summed E-state index contributed by atoms with van der Waals surface area (Å²) in [7, 11) is 1.50. The molecular formula is C8H9BrClN3O2. The monoisotopic (exact) mass is 293 g/mol. The number of nitrogens with zero attached hydrogens (tertiary/aromatic N) is 2. The van der Waals surface area contributed by atoms with Gasteiger partial charge in [0.15, 0.2) is 5.15 Å². The first kappa shape index (κ1) is 12.2. The summed E-state index contributed by atoms with van der Waals surface area (Å²) in [6, 6.07) is -0.622. The predicted octanol–water partition coefficient (Wildman–Crippen LogP) is 0.966. The molecule has 0 bridgehead atoms. The van der Waals surface area contributed by atoms with Gasteiger partial charge in [0.25, 0.3) is 5.56 Å². The lowest BCUT2D eigenvalue weighted by Crippen LogP contribution is -2.34. The van der Waals surface area contributed by atoms with Gasteiger partial charge in [0.05, 0.1) is 6.33 Å². The van der Waals surface area contributed by atoms with Gasteiger partial charge in [0.1, 0.15) is 10.5 Å². The van der Waals surface area contributed by atoms with Gasteiger partial charge in [0, 0.05) is 7.05 Å². The summed E-state index contributed by atoms with van der Waals surface area (Å²) in [4.78, 5) is 26.8. The Kier molecular flexibility index (Phi) is 3.87. The van der Waals surface area contributed by atoms with E-state index in [4.69, 9.17) is 11.6 Å². The fraction of sp³-hybridized carbons (Fsp3) is 0.375. The van der Waals surface area contributed by atoms with Gasteiger partial charge in [-0.25, -0.2) is 4.98 Å². The summed E-state index contributed by atoms with van der Waals surface area (Å²) in [6.07, 6.45) is 1.25. The lowest BCUT2D eigenvalue weighted by molar-refractivity contribution is -0.123. The largest absolute Gasteiger partial charge is 0.357 e. The van der Waals surface area contributed by atoms with Crippen molar-refractivity contribution >= 4 is 33.4 Å². The Hall–Kier alpha value is -0.880. The van der Waals surface area contributed by atoms with Crippen LogP contribution in [0.4, 0.5) is 0 Å². The molecule has 1 atom stereocenters. The Bertz CT molecular complexity index is 446. The highest BCUT2D eigenvalue weighted by atomic mass is 79.9. The Balaban J connectivity index is 3.22. The van der Waals surface area contributed by atoms with Crippen LogP contribution in [0.15, 0.2) is 15.6 Å². The highest BCUT2D eigenvalue weighted by Crippen LogP contribution is 2.15. The summed E-state index contributed by atoms with van der Waals surface area (Å²) in [6.45, 7) is 1.60. The second-order valence-corrected chi connectivity index (χ2v) is 4.00. The smallest absolute Gasteiger partial charge is 0.269 e. The van der Waals surface area contributed by atoms with Crippen LogP contribution in [0, 0.1) is 0 Å². The summed E-state index contributed by atoms with van der Waals surface area (Å²) < 4.78 is 1.36. The SMILES string of the molecule is CNC(=O)C(C)n1cnc(Cl)c(Br)c1=O. The first-order valence-electron chi connectivity index (χ1n) is 4.12. The molecule has 0 aromatic carbocycles. The topological polar surface area (TPSA) is 64.0 Å². The third kappa shape index (κ3) is 2.38. The molecular weight excluding hydrogens is 285 g/mol. The van der Waals surface area contributed by atoms with Crippen molar-refractivity contribution in [3.63, 3.8) is 0 Å². The number of hydrogen-bond donors (Lipinski definition) is 1. The molecule has 1 unspecified atom stereocenters. The van der Waals surface area contributed by atoms with Crippen molar-refractivity contribution in [3.05, 3.63) is 26.3 Å². The summed E-state index contributed by atoms with van der Waals surface area (Å²) >= 11 is 8.64. The van der Waals surface area contributed by atoms with Crippen LogP contribution in [0.5, 0.6) is 0 Å². The van der Waals surface area contributed by atoms with Crippen molar-refractivity contribution in [3.8, 4) is 0 Å². The molecule has 15 heavy (non-hydrogen) atoms. The minimum Gasteiger partial charge on any atom is -0.357 e. The maximum absolute atomic E-state index is 11.7. The Morgan fingerprint density at radius 1 is 1.73 bits per heavy atom. The quantitative estimate of drug-likeness (QED) is 0.827. The number of rotatable bonds is 2. The molecule has 1 aromatic heterocycles. The molecule has 0 saturated heterocycles. The van der Waals surface area contributed by atoms with Crippen molar-refractivity contribution in [2.24, 2.45) is 0 Å². The molecule has 0 saturated carbocycles. The maximum atomic E-state index is 11.7. The Morgan fingerprint density at radius 2 is 2.33 bits per heavy atom. The standard InChI is InChI=1S/C8H9BrClN3O2/c1-4(7(14)11-2)13-3-12-6(10)5(9)8(13)15/h3-4H,1-2H3,(H,11,14). The van der Waals surface area contributed by atoms with E-state index < -0.39 is 6.04 Å². The molecule has 7 heteroatoms. The van der Waals surface area contributed by atoms with Crippen LogP contribution in [0.1, 0.15) is 13.0 Å². The number of amides is 1. The van der Waals surface area contributed by atoms with E-state index in [-0.39, 0.29) is 21.1 Å². The molecule has 1 aromatic rings. The summed E-state index contributed by atoms with van der Waals surface area (Å²) in [5.41, 5.74) is -0.383. The van der Waals surface area contributed by atoms with Crippen LogP contribution in [-0.2, 0) is 4.79 Å². The third-order valence-electron chi connectivity index (χ3n) is 1.94. The van der Waals surface area contributed by atoms with E-state index in [0.29, 0.717) is 0 Å². The number of nitrogens with one attached hydrogen (secondary N) is 1. The minimum atomic E-state index is -0.622. The van der Waals surface area contributed by atoms with Crippen LogP contribution >= 0.6 is 27.5 Å². The van der Waals surface area contributed by atoms with E-state index >= 15 is 0 Å². The zero-order chi connectivity index (χ0) is 11.6. The molecule has 0 fully saturated rings. The number of likely N-dealkylation sites (N-methyl/N-ethyl adjacent to an activating group) is 1. The number of halogens is 2. The third-order valence-corrected chi connectivity index (χ3v) is 3.17. The van der Waals surface area contributed by atoms with Crippen molar-refractivity contribution in [1.29, 1.82) is 0 Å². The van der Waals surface area contributed by atoms with Crippen molar-refractivity contribution in [1.82, 2.24) is 14.9 Å². The van der Waals surface area contributed by atoms with Crippen LogP contribution in [-0.4, -0.2) is 22.5 Å². The summed E-state index contributed by atoms with van der Waals surface area (Å²) in [5.74, 6) is -0.270. The van der Waals surface area contributed by atoms with Crippen molar-refractivity contribution in [2.75, 3.05) is 7.05 Å². The van der Waals surface area contributed by atoms with E-state index in [1.54, 1.807) is 6.92 Å². The summed E-state index contributed by atoms with van der Waals surface area (Å²) in [5, 5.41) is 2.53. The predicted molar refractivity (Wildman–Crippen MR) is 60.0 cm³/mol. The zero-order valence-corrected chi connectivity index (χ0v) is 10.5. The molecule has 0 radical (unpaired) electrons. The van der Waals surface area contributed by atoms with Gasteiger partial charge in [-0.1, -0.05) is 11.6 Å². The molecule has 82 valence electrons. The van der Waals surface area contributed by atoms with Gasteiger partial charge in [-0.15, -0.1) is 0 Å². The number of carbonyl (C=O) groups excluding carboxylic acids is 1. The van der Waals surface area contributed by atoms with E-state index in [1.807, 2.05) is 0 Å². The fourth-order valence-corrected chi connectivity index (χ4v) is 1.47. The zero-order valence-electron chi connectivity index (χ0n) is 8.12. The molecule has 0 aliphatic heterocycles. The van der Waals surface area contributed by atoms with Gasteiger partial charge in [-0.3, -0.25) is 14.2 Å². The molecule has 0 spiro atoms. The minimum absolute atomic E-state index is 0.0837. The molecule has 1 N–H and O–H groups in total. The maximum Gasteiger partial charge on any atom is 0.269 e. The molecule has 0 aliphatic rings. The van der Waals surface area contributed by atoms with Crippen LogP contribution in [0.3, 0.4) is 0 Å². The van der Waals surface area contributed by atoms with Gasteiger partial charge in [0.2, 0.25) is 5.91 Å². The lowest BCUT2D eigenvalue weighted by atomic mass is 10.3. The van der Waals surface area contributed by atoms with E-state index in [2.05, 4.69) is 26.2 Å². The van der Waals surface area contributed by atoms with Crippen LogP contribution in [0.2, 0.25) is 5.15 Å². The highest BCUT2D eigenvalue weighted by molar-refractivity contribution is 9.10. The van der Waals surface area contributed by atoms with Crippen molar-refractivity contribution in [2.45, 2.75) is 13.0 Å². The van der Waals surface area contributed by atoms with Gasteiger partial charge >= 0.3 is 0 Å². The van der Waals surface area contributed by atoms with Crippen LogP contribution in [0.25, 0.3) is 0 Å². The molecule has 5 nitrogen and oxygen atoms in total. The molecule has 1 amide bonds. The number of aromatic nitrogens is 2. The lowest BCUT2D eigenvalue weighted by Gasteiger charge is -2.13. The normalized spacial score (nSPS) is 12.3. The average Bonchev–Trinajstić information content (AvgIpc) is 2.24. The highest BCUT2D eigenvalue weighted by Gasteiger charge is 2.17. The average molecular weight is 295 g/mol. The second kappa shape index (κ2) is 4.76. The van der Waals surface area contributed by atoms with Crippen molar-refractivity contribution < 1.29 is 4.79 Å². The fourth-order valence-electron chi connectivity index (χ4n) is 1.03. The van der Waals surface area contributed by atoms with Gasteiger partial charge in [-0.2, -0.15) is 0 Å². The first-order valence-corrected chi connectivity index (χ1v) is 5.30. The van der Waals surface area contributed by atoms with E-state index in [9.17, 15) is 9.59 Å². The molecule has 1 heterocycles. The van der Waals surface area contributed by atoms with E-state index in [1.165, 1.54) is 17.9 Å². The first-order chi connectivity index (χ1) is 6.99. The second-order valence-electron chi connectivity index (χ2n) is 2.85. The van der Waals surface area contributed by atoms with E-state index in [0.717, 1.165) is 0 Å². The Morgan fingerprint density at radius 3 is 2.87 bits per heavy atom. The number of carbonyl (C=O) groups is 1. The number of hydrogen-bond acceptors (Lipinski definition) is 3. The molecule has 0 aliphatic carbocycles. The van der Waals surface area contributed by atoms with Gasteiger partial charge in [-0.05, 0) is 22.9 Å². The van der Waals surface area contributed by atoms with Crippen LogP contribution < -0.4 is 10.9 Å².